The van der Waals surface area contributed by atoms with Gasteiger partial charge < -0.3 is 4.57 Å². The largest absolute Gasteiger partial charge is 0.316 e. The van der Waals surface area contributed by atoms with Crippen LogP contribution < -0.4 is 0 Å². The van der Waals surface area contributed by atoms with Crippen molar-refractivity contribution >= 4 is 64.0 Å². The molecule has 1 aromatic heterocycles. The summed E-state index contributed by atoms with van der Waals surface area (Å²) in [6.45, 7) is 0. The fourth-order valence-electron chi connectivity index (χ4n) is 11.5. The van der Waals surface area contributed by atoms with Crippen molar-refractivity contribution in [1.82, 2.24) is 4.57 Å². The zero-order valence-corrected chi connectivity index (χ0v) is 39.8. The minimum atomic E-state index is -1.29. The molecule has 1 aliphatic heterocycles. The molecule has 0 saturated carbocycles. The Kier molecular flexibility index (Phi) is 9.18. The minimum absolute atomic E-state index is 1.19. The standard InChI is InChI=1S/C68H47NS/c1-70(2)67-41-50(44-14-4-3-5-15-44)32-35-60(67)61-36-34-53(42-68(61)70)69-43-65(48-30-28-47(29-31-48)63-40-52-17-7-9-19-55(52)57-21-11-13-23-59(57)63)64-38-49(33-37-66(64)69)45-24-26-46(27-25-45)62-39-51-16-6-8-18-54(51)56-20-10-12-22-58(56)62/h3-43H,1-2H3. The van der Waals surface area contributed by atoms with Gasteiger partial charge in [-0.15, -0.1) is 0 Å². The number of hydrogen-bond donors (Lipinski definition) is 0. The van der Waals surface area contributed by atoms with Crippen molar-refractivity contribution in [1.29, 1.82) is 0 Å². The Morgan fingerprint density at radius 3 is 1.30 bits per heavy atom. The first-order valence-electron chi connectivity index (χ1n) is 24.2. The van der Waals surface area contributed by atoms with Crippen molar-refractivity contribution < 1.29 is 0 Å². The van der Waals surface area contributed by atoms with E-state index in [2.05, 4.69) is 266 Å². The Morgan fingerprint density at radius 2 is 0.700 bits per heavy atom. The second-order valence-corrected chi connectivity index (χ2v) is 22.8. The van der Waals surface area contributed by atoms with Crippen molar-refractivity contribution in [2.45, 2.75) is 9.79 Å². The van der Waals surface area contributed by atoms with Crippen LogP contribution >= 0.6 is 10.0 Å². The van der Waals surface area contributed by atoms with E-state index < -0.39 is 10.0 Å². The van der Waals surface area contributed by atoms with E-state index in [4.69, 9.17) is 0 Å². The summed E-state index contributed by atoms with van der Waals surface area (Å²) in [5.41, 5.74) is 17.4. The van der Waals surface area contributed by atoms with E-state index >= 15 is 0 Å². The molecule has 0 N–H and O–H groups in total. The van der Waals surface area contributed by atoms with Crippen LogP contribution in [0, 0.1) is 0 Å². The van der Waals surface area contributed by atoms with Crippen LogP contribution in [0.15, 0.2) is 259 Å². The third kappa shape index (κ3) is 6.41. The Labute approximate surface area is 409 Å². The lowest BCUT2D eigenvalue weighted by Crippen LogP contribution is -1.96. The zero-order valence-electron chi connectivity index (χ0n) is 39.0. The summed E-state index contributed by atoms with van der Waals surface area (Å²) in [6, 6.07) is 90.4. The predicted molar refractivity (Wildman–Crippen MR) is 302 cm³/mol. The molecule has 2 heterocycles. The van der Waals surface area contributed by atoms with Crippen LogP contribution in [0.5, 0.6) is 0 Å². The summed E-state index contributed by atoms with van der Waals surface area (Å²) in [4.78, 5) is 2.90. The van der Waals surface area contributed by atoms with Gasteiger partial charge in [0.2, 0.25) is 0 Å². The summed E-state index contributed by atoms with van der Waals surface area (Å²) >= 11 is 0. The van der Waals surface area contributed by atoms with E-state index in [1.54, 1.807) is 0 Å². The Balaban J connectivity index is 0.892. The van der Waals surface area contributed by atoms with Gasteiger partial charge in [-0.2, -0.15) is 10.0 Å². The van der Waals surface area contributed by atoms with Crippen LogP contribution in [0.4, 0.5) is 0 Å². The molecule has 1 nitrogen and oxygen atoms in total. The van der Waals surface area contributed by atoms with E-state index in [-0.39, 0.29) is 0 Å². The first-order chi connectivity index (χ1) is 34.4. The van der Waals surface area contributed by atoms with E-state index in [9.17, 15) is 0 Å². The molecular weight excluding hydrogens is 863 g/mol. The van der Waals surface area contributed by atoms with E-state index in [0.29, 0.717) is 0 Å². The van der Waals surface area contributed by atoms with Crippen LogP contribution in [-0.4, -0.2) is 17.1 Å². The lowest BCUT2D eigenvalue weighted by Gasteiger charge is -2.29. The second kappa shape index (κ2) is 15.8. The number of hydrogen-bond acceptors (Lipinski definition) is 0. The number of benzene rings is 12. The van der Waals surface area contributed by atoms with Crippen molar-refractivity contribution in [3.8, 4) is 72.4 Å². The van der Waals surface area contributed by atoms with Crippen molar-refractivity contribution in [2.24, 2.45) is 0 Å². The van der Waals surface area contributed by atoms with Gasteiger partial charge in [-0.05, 0) is 159 Å². The molecule has 0 amide bonds. The Hall–Kier alpha value is -8.43. The Morgan fingerprint density at radius 1 is 0.271 bits per heavy atom. The Bertz CT molecular complexity index is 4230. The van der Waals surface area contributed by atoms with Gasteiger partial charge in [0, 0.05) is 32.6 Å². The fourth-order valence-corrected chi connectivity index (χ4v) is 14.0. The molecule has 13 aromatic rings. The van der Waals surface area contributed by atoms with E-state index in [0.717, 1.165) is 0 Å². The molecule has 70 heavy (non-hydrogen) atoms. The van der Waals surface area contributed by atoms with Crippen molar-refractivity contribution in [3.05, 3.63) is 249 Å². The summed E-state index contributed by atoms with van der Waals surface area (Å²) in [6.07, 6.45) is 7.31. The van der Waals surface area contributed by atoms with Crippen LogP contribution in [0.3, 0.4) is 0 Å². The topological polar surface area (TPSA) is 4.93 Å². The molecule has 0 fully saturated rings. The molecule has 2 heteroatoms. The summed E-state index contributed by atoms with van der Waals surface area (Å²) in [7, 11) is -1.29. The van der Waals surface area contributed by atoms with Crippen LogP contribution in [-0.2, 0) is 0 Å². The van der Waals surface area contributed by atoms with Gasteiger partial charge in [-0.1, -0.05) is 200 Å². The molecule has 0 aliphatic carbocycles. The molecular formula is C68H47NS. The molecule has 12 aromatic carbocycles. The van der Waals surface area contributed by atoms with E-state index in [1.807, 2.05) is 0 Å². The number of rotatable bonds is 6. The maximum Gasteiger partial charge on any atom is 0.0535 e. The third-order valence-electron chi connectivity index (χ3n) is 15.1. The highest BCUT2D eigenvalue weighted by molar-refractivity contribution is 8.33. The fraction of sp³-hybridized carbons (Fsp3) is 0.0294. The summed E-state index contributed by atoms with van der Waals surface area (Å²) in [5.74, 6) is 0. The van der Waals surface area contributed by atoms with Gasteiger partial charge in [0.05, 0.1) is 5.52 Å². The molecule has 0 spiro atoms. The summed E-state index contributed by atoms with van der Waals surface area (Å²) in [5, 5.41) is 11.5. The van der Waals surface area contributed by atoms with Crippen molar-refractivity contribution in [2.75, 3.05) is 12.5 Å². The summed E-state index contributed by atoms with van der Waals surface area (Å²) < 4.78 is 2.43. The highest BCUT2D eigenvalue weighted by Crippen LogP contribution is 2.68. The molecule has 0 radical (unpaired) electrons. The smallest absolute Gasteiger partial charge is 0.0535 e. The normalized spacial score (nSPS) is 13.3. The monoisotopic (exact) mass is 909 g/mol. The minimum Gasteiger partial charge on any atom is -0.316 e. The molecule has 0 atom stereocenters. The number of nitrogens with zero attached hydrogens (tertiary/aromatic N) is 1. The average molecular weight is 910 g/mol. The predicted octanol–water partition coefficient (Wildman–Crippen LogP) is 19.0. The SMILES string of the molecule is CS1(C)c2cc(-c3ccccc3)ccc2-c2ccc(-n3cc(-c4ccc(-c5cc6ccccc6c6ccccc56)cc4)c4cc(-c5ccc(-c6cc7ccccc7c7ccccc67)cc5)ccc43)cc21. The molecule has 0 bridgehead atoms. The second-order valence-electron chi connectivity index (χ2n) is 19.3. The first-order valence-corrected chi connectivity index (χ1v) is 26.6. The average Bonchev–Trinajstić information content (AvgIpc) is 3.91. The molecule has 1 aliphatic rings. The maximum atomic E-state index is 2.48. The molecule has 0 saturated heterocycles. The van der Waals surface area contributed by atoms with Gasteiger partial charge >= 0.3 is 0 Å². The van der Waals surface area contributed by atoms with Crippen molar-refractivity contribution in [3.63, 3.8) is 0 Å². The van der Waals surface area contributed by atoms with Gasteiger partial charge in [-0.3, -0.25) is 0 Å². The highest BCUT2D eigenvalue weighted by atomic mass is 32.3. The highest BCUT2D eigenvalue weighted by Gasteiger charge is 2.32. The lowest BCUT2D eigenvalue weighted by atomic mass is 9.92. The molecule has 14 rings (SSSR count). The van der Waals surface area contributed by atoms with Crippen LogP contribution in [0.1, 0.15) is 0 Å². The zero-order chi connectivity index (χ0) is 46.5. The first kappa shape index (κ1) is 40.6. The lowest BCUT2D eigenvalue weighted by molar-refractivity contribution is 1.12. The quantitative estimate of drug-likeness (QED) is 0.147. The number of fused-ring (bicyclic) bond motifs is 10. The number of aromatic nitrogens is 1. The van der Waals surface area contributed by atoms with Crippen LogP contribution in [0.25, 0.3) is 126 Å². The van der Waals surface area contributed by atoms with Crippen LogP contribution in [0.2, 0.25) is 0 Å². The molecule has 330 valence electrons. The van der Waals surface area contributed by atoms with E-state index in [1.165, 1.54) is 136 Å². The third-order valence-corrected chi connectivity index (χ3v) is 18.0. The van der Waals surface area contributed by atoms with Gasteiger partial charge in [0.1, 0.15) is 0 Å². The van der Waals surface area contributed by atoms with Gasteiger partial charge in [0.25, 0.3) is 0 Å². The van der Waals surface area contributed by atoms with Gasteiger partial charge in [0.15, 0.2) is 0 Å². The van der Waals surface area contributed by atoms with Gasteiger partial charge in [-0.25, -0.2) is 0 Å². The maximum absolute atomic E-state index is 2.48. The molecule has 0 unspecified atom stereocenters.